The lowest BCUT2D eigenvalue weighted by Gasteiger charge is -2.23. The van der Waals surface area contributed by atoms with E-state index in [1.165, 1.54) is 4.90 Å². The lowest BCUT2D eigenvalue weighted by molar-refractivity contribution is 0.0696. The predicted molar refractivity (Wildman–Crippen MR) is 137 cm³/mol. The summed E-state index contributed by atoms with van der Waals surface area (Å²) in [5.74, 6) is 1.08. The maximum atomic E-state index is 11.5. The number of aryl methyl sites for hydroxylation is 2. The lowest BCUT2D eigenvalue weighted by atomic mass is 10.0. The van der Waals surface area contributed by atoms with Crippen molar-refractivity contribution < 1.29 is 29.3 Å². The number of nitrogens with one attached hydrogen (secondary N) is 1. The van der Waals surface area contributed by atoms with E-state index in [2.05, 4.69) is 5.32 Å². The maximum Gasteiger partial charge on any atom is 0.407 e. The highest BCUT2D eigenvalue weighted by molar-refractivity contribution is 5.87. The maximum absolute atomic E-state index is 11.5. The topological polar surface area (TPSA) is 108 Å². The monoisotopic (exact) mass is 490 g/mol. The van der Waals surface area contributed by atoms with Gasteiger partial charge in [-0.3, -0.25) is 0 Å². The van der Waals surface area contributed by atoms with Crippen molar-refractivity contribution in [2.45, 2.75) is 31.7 Å². The number of ether oxygens (including phenoxy) is 2. The van der Waals surface area contributed by atoms with Gasteiger partial charge in [-0.2, -0.15) is 0 Å². The number of nitrogens with zero attached hydrogens (tertiary/aromatic N) is 1. The smallest absolute Gasteiger partial charge is 0.407 e. The fourth-order valence-electron chi connectivity index (χ4n) is 4.40. The van der Waals surface area contributed by atoms with Crippen molar-refractivity contribution in [2.24, 2.45) is 0 Å². The van der Waals surface area contributed by atoms with Crippen molar-refractivity contribution in [1.29, 1.82) is 0 Å². The Balaban J connectivity index is 1.52. The van der Waals surface area contributed by atoms with Gasteiger partial charge in [0.15, 0.2) is 5.75 Å². The molecule has 8 heteroatoms. The van der Waals surface area contributed by atoms with Gasteiger partial charge in [0.05, 0.1) is 24.4 Å². The summed E-state index contributed by atoms with van der Waals surface area (Å²) < 4.78 is 11.4. The van der Waals surface area contributed by atoms with Crippen LogP contribution in [0.3, 0.4) is 0 Å². The van der Waals surface area contributed by atoms with Gasteiger partial charge in [-0.1, -0.05) is 18.2 Å². The lowest BCUT2D eigenvalue weighted by Crippen LogP contribution is -2.38. The van der Waals surface area contributed by atoms with Gasteiger partial charge in [0.25, 0.3) is 0 Å². The van der Waals surface area contributed by atoms with Crippen LogP contribution in [-0.2, 0) is 12.8 Å². The van der Waals surface area contributed by atoms with Gasteiger partial charge in [-0.15, -0.1) is 0 Å². The molecule has 0 aliphatic carbocycles. The van der Waals surface area contributed by atoms with Crippen molar-refractivity contribution in [3.63, 3.8) is 0 Å². The van der Waals surface area contributed by atoms with Gasteiger partial charge >= 0.3 is 12.1 Å². The zero-order chi connectivity index (χ0) is 25.5. The normalized spacial score (nSPS) is 14.9. The van der Waals surface area contributed by atoms with Crippen LogP contribution in [0.1, 0.15) is 34.3 Å². The van der Waals surface area contributed by atoms with E-state index in [4.69, 9.17) is 9.47 Å². The molecule has 36 heavy (non-hydrogen) atoms. The van der Waals surface area contributed by atoms with E-state index in [-0.39, 0.29) is 11.6 Å². The van der Waals surface area contributed by atoms with Crippen LogP contribution in [0.25, 0.3) is 0 Å². The average molecular weight is 491 g/mol. The van der Waals surface area contributed by atoms with Crippen LogP contribution in [-0.4, -0.2) is 53.4 Å². The number of methoxy groups -OCH3 is 1. The summed E-state index contributed by atoms with van der Waals surface area (Å²) in [6.45, 7) is 1.05. The molecule has 1 saturated heterocycles. The van der Waals surface area contributed by atoms with E-state index in [1.54, 1.807) is 25.3 Å². The molecular formula is C28H30N2O6. The Bertz CT molecular complexity index is 1210. The van der Waals surface area contributed by atoms with Crippen LogP contribution in [0.5, 0.6) is 17.2 Å². The second-order valence-electron chi connectivity index (χ2n) is 8.77. The van der Waals surface area contributed by atoms with Crippen LogP contribution < -0.4 is 14.8 Å². The van der Waals surface area contributed by atoms with Crippen LogP contribution in [0.15, 0.2) is 66.7 Å². The third kappa shape index (κ3) is 6.27. The summed E-state index contributed by atoms with van der Waals surface area (Å²) in [5.41, 5.74) is 3.04. The highest BCUT2D eigenvalue weighted by Crippen LogP contribution is 2.32. The second kappa shape index (κ2) is 11.5. The Labute approximate surface area is 210 Å². The Morgan fingerprint density at radius 2 is 1.69 bits per heavy atom. The third-order valence-corrected chi connectivity index (χ3v) is 6.36. The number of carbonyl (C=O) groups is 2. The summed E-state index contributed by atoms with van der Waals surface area (Å²) in [6, 6.07) is 20.1. The molecule has 3 aromatic carbocycles. The minimum Gasteiger partial charge on any atom is -0.497 e. The van der Waals surface area contributed by atoms with E-state index in [0.717, 1.165) is 35.4 Å². The molecule has 0 spiro atoms. The summed E-state index contributed by atoms with van der Waals surface area (Å²) in [7, 11) is 1.61. The summed E-state index contributed by atoms with van der Waals surface area (Å²) in [6.07, 6.45) is 2.18. The first-order chi connectivity index (χ1) is 17.4. The molecule has 4 rings (SSSR count). The zero-order valence-corrected chi connectivity index (χ0v) is 20.1. The molecule has 1 amide bonds. The fourth-order valence-corrected chi connectivity index (χ4v) is 4.40. The number of aromatic carboxylic acids is 1. The number of hydrogen-bond donors (Lipinski definition) is 3. The molecule has 0 radical (unpaired) electrons. The van der Waals surface area contributed by atoms with Gasteiger partial charge < -0.3 is 29.9 Å². The molecule has 1 heterocycles. The fraction of sp³-hybridized carbons (Fsp3) is 0.286. The van der Waals surface area contributed by atoms with Crippen LogP contribution in [0, 0.1) is 0 Å². The van der Waals surface area contributed by atoms with E-state index in [1.807, 2.05) is 48.5 Å². The number of anilines is 1. The molecule has 0 unspecified atom stereocenters. The number of likely N-dealkylation sites (tertiary alicyclic amines) is 1. The Morgan fingerprint density at radius 1 is 0.972 bits per heavy atom. The molecule has 3 aromatic rings. The van der Waals surface area contributed by atoms with Crippen LogP contribution in [0.2, 0.25) is 0 Å². The number of carboxylic acids is 1. The Hall–Kier alpha value is -4.20. The number of amides is 1. The average Bonchev–Trinajstić information content (AvgIpc) is 3.37. The first-order valence-corrected chi connectivity index (χ1v) is 11.9. The molecule has 188 valence electrons. The SMILES string of the molecule is COc1ccc(Oc2cc(CCc3cccc(C(=O)O)c3)ccc2NC[C@@H]2CCCN2C(=O)O)cc1. The van der Waals surface area contributed by atoms with Gasteiger partial charge in [0, 0.05) is 13.1 Å². The Morgan fingerprint density at radius 3 is 2.39 bits per heavy atom. The highest BCUT2D eigenvalue weighted by atomic mass is 16.5. The number of rotatable bonds is 10. The van der Waals surface area contributed by atoms with Gasteiger partial charge in [0.2, 0.25) is 0 Å². The van der Waals surface area contributed by atoms with E-state index in [0.29, 0.717) is 37.4 Å². The summed E-state index contributed by atoms with van der Waals surface area (Å²) in [4.78, 5) is 24.3. The van der Waals surface area contributed by atoms with Crippen molar-refractivity contribution in [3.05, 3.63) is 83.4 Å². The van der Waals surface area contributed by atoms with Crippen LogP contribution >= 0.6 is 0 Å². The van der Waals surface area contributed by atoms with Crippen molar-refractivity contribution in [2.75, 3.05) is 25.5 Å². The minimum absolute atomic E-state index is 0.0856. The minimum atomic E-state index is -0.939. The summed E-state index contributed by atoms with van der Waals surface area (Å²) in [5, 5.41) is 22.1. The Kier molecular flexibility index (Phi) is 7.95. The van der Waals surface area contributed by atoms with Gasteiger partial charge in [-0.05, 0) is 85.3 Å². The third-order valence-electron chi connectivity index (χ3n) is 6.36. The molecule has 0 saturated carbocycles. The molecule has 1 fully saturated rings. The van der Waals surface area contributed by atoms with E-state index >= 15 is 0 Å². The number of benzene rings is 3. The molecule has 1 aliphatic heterocycles. The van der Waals surface area contributed by atoms with Crippen LogP contribution in [0.4, 0.5) is 10.5 Å². The van der Waals surface area contributed by atoms with Gasteiger partial charge in [-0.25, -0.2) is 9.59 Å². The molecule has 3 N–H and O–H groups in total. The summed E-state index contributed by atoms with van der Waals surface area (Å²) >= 11 is 0. The zero-order valence-electron chi connectivity index (χ0n) is 20.1. The molecule has 1 atom stereocenters. The first kappa shape index (κ1) is 24.9. The van der Waals surface area contributed by atoms with E-state index in [9.17, 15) is 19.8 Å². The largest absolute Gasteiger partial charge is 0.497 e. The molecular weight excluding hydrogens is 460 g/mol. The van der Waals surface area contributed by atoms with Crippen molar-refractivity contribution in [3.8, 4) is 17.2 Å². The van der Waals surface area contributed by atoms with E-state index < -0.39 is 12.1 Å². The standard InChI is InChI=1S/C28H30N2O6/c1-35-23-10-12-24(13-11-23)36-26-17-20(8-7-19-4-2-5-21(16-19)27(31)32)9-14-25(26)29-18-22-6-3-15-30(22)28(33)34/h2,4-5,9-14,16-17,22,29H,3,6-8,15,18H2,1H3,(H,31,32)(H,33,34)/t22-/m0/s1. The number of carboxylic acid groups (broad SMARTS) is 2. The predicted octanol–water partition coefficient (Wildman–Crippen LogP) is 5.53. The van der Waals surface area contributed by atoms with Gasteiger partial charge in [0.1, 0.15) is 11.5 Å². The van der Waals surface area contributed by atoms with Crippen molar-refractivity contribution in [1.82, 2.24) is 4.90 Å². The molecule has 8 nitrogen and oxygen atoms in total. The molecule has 0 aromatic heterocycles. The first-order valence-electron chi connectivity index (χ1n) is 11.9. The second-order valence-corrected chi connectivity index (χ2v) is 8.77. The van der Waals surface area contributed by atoms with Crippen molar-refractivity contribution >= 4 is 17.7 Å². The molecule has 1 aliphatic rings. The quantitative estimate of drug-likeness (QED) is 0.343. The highest BCUT2D eigenvalue weighted by Gasteiger charge is 2.28. The molecule has 0 bridgehead atoms. The number of hydrogen-bond acceptors (Lipinski definition) is 5.